The van der Waals surface area contributed by atoms with Crippen molar-refractivity contribution in [3.8, 4) is 0 Å². The van der Waals surface area contributed by atoms with Crippen LogP contribution in [0.1, 0.15) is 27.4 Å². The molecule has 17 heavy (non-hydrogen) atoms. The smallest absolute Gasteiger partial charge is 0.348 e. The molecule has 0 aromatic carbocycles. The van der Waals surface area contributed by atoms with E-state index in [1.807, 2.05) is 19.1 Å². The average Bonchev–Trinajstić information content (AvgIpc) is 2.68. The number of rotatable bonds is 2. The number of hydrogen-bond donors (Lipinski definition) is 0. The van der Waals surface area contributed by atoms with Crippen LogP contribution in [0.2, 0.25) is 0 Å². The van der Waals surface area contributed by atoms with Crippen molar-refractivity contribution in [2.24, 2.45) is 0 Å². The van der Waals surface area contributed by atoms with Crippen LogP contribution in [0, 0.1) is 6.92 Å². The standard InChI is InChI=1S/C12H17NO2S.ClH/c1-9-3-4-11(16-9)12(14)15-10-5-7-13(2)8-6-10;/h3-4,10H,5-8H2,1-2H3;1H. The van der Waals surface area contributed by atoms with Gasteiger partial charge in [-0.3, -0.25) is 0 Å². The van der Waals surface area contributed by atoms with E-state index in [2.05, 4.69) is 11.9 Å². The molecule has 96 valence electrons. The first-order valence-electron chi connectivity index (χ1n) is 5.61. The second-order valence-corrected chi connectivity index (χ2v) is 5.61. The Bertz CT molecular complexity index is 372. The van der Waals surface area contributed by atoms with Gasteiger partial charge in [0.05, 0.1) is 0 Å². The van der Waals surface area contributed by atoms with Crippen molar-refractivity contribution < 1.29 is 9.53 Å². The molecule has 1 aliphatic heterocycles. The summed E-state index contributed by atoms with van der Waals surface area (Å²) < 4.78 is 5.48. The normalized spacial score (nSPS) is 17.5. The van der Waals surface area contributed by atoms with E-state index in [-0.39, 0.29) is 24.5 Å². The number of carbonyl (C=O) groups is 1. The van der Waals surface area contributed by atoms with E-state index < -0.39 is 0 Å². The van der Waals surface area contributed by atoms with E-state index >= 15 is 0 Å². The summed E-state index contributed by atoms with van der Waals surface area (Å²) >= 11 is 1.50. The lowest BCUT2D eigenvalue weighted by molar-refractivity contribution is 0.0145. The molecule has 0 aliphatic carbocycles. The Morgan fingerprint density at radius 3 is 2.59 bits per heavy atom. The lowest BCUT2D eigenvalue weighted by atomic mass is 10.1. The van der Waals surface area contributed by atoms with Gasteiger partial charge in [0.15, 0.2) is 0 Å². The summed E-state index contributed by atoms with van der Waals surface area (Å²) in [7, 11) is 2.10. The van der Waals surface area contributed by atoms with Crippen LogP contribution in [0.4, 0.5) is 0 Å². The molecule has 1 aromatic rings. The molecule has 0 saturated carbocycles. The lowest BCUT2D eigenvalue weighted by Gasteiger charge is -2.28. The summed E-state index contributed by atoms with van der Waals surface area (Å²) in [4.78, 5) is 15.9. The van der Waals surface area contributed by atoms with Crippen LogP contribution in [-0.4, -0.2) is 37.1 Å². The van der Waals surface area contributed by atoms with Gasteiger partial charge in [0.25, 0.3) is 0 Å². The van der Waals surface area contributed by atoms with Crippen molar-refractivity contribution >= 4 is 29.7 Å². The van der Waals surface area contributed by atoms with E-state index in [9.17, 15) is 4.79 Å². The minimum atomic E-state index is -0.160. The highest BCUT2D eigenvalue weighted by Gasteiger charge is 2.21. The second-order valence-electron chi connectivity index (χ2n) is 4.32. The predicted octanol–water partition coefficient (Wildman–Crippen LogP) is 2.73. The minimum absolute atomic E-state index is 0. The van der Waals surface area contributed by atoms with Gasteiger partial charge in [0.1, 0.15) is 11.0 Å². The Hall–Kier alpha value is -0.580. The molecule has 2 heterocycles. The molecule has 0 unspecified atom stereocenters. The molecule has 3 nitrogen and oxygen atoms in total. The van der Waals surface area contributed by atoms with Crippen LogP contribution in [0.15, 0.2) is 12.1 Å². The van der Waals surface area contributed by atoms with Gasteiger partial charge in [0.2, 0.25) is 0 Å². The lowest BCUT2D eigenvalue weighted by Crippen LogP contribution is -2.35. The van der Waals surface area contributed by atoms with Crippen molar-refractivity contribution in [1.29, 1.82) is 0 Å². The molecule has 2 rings (SSSR count). The molecule has 0 atom stereocenters. The highest BCUT2D eigenvalue weighted by Crippen LogP contribution is 2.19. The zero-order chi connectivity index (χ0) is 11.5. The molecule has 0 bridgehead atoms. The Morgan fingerprint density at radius 1 is 1.41 bits per heavy atom. The van der Waals surface area contributed by atoms with Crippen molar-refractivity contribution in [1.82, 2.24) is 4.90 Å². The quantitative estimate of drug-likeness (QED) is 0.778. The van der Waals surface area contributed by atoms with Gasteiger partial charge < -0.3 is 9.64 Å². The van der Waals surface area contributed by atoms with E-state index in [1.165, 1.54) is 11.3 Å². The number of carbonyl (C=O) groups excluding carboxylic acids is 1. The maximum Gasteiger partial charge on any atom is 0.348 e. The van der Waals surface area contributed by atoms with Gasteiger partial charge >= 0.3 is 5.97 Å². The first-order chi connectivity index (χ1) is 7.65. The largest absolute Gasteiger partial charge is 0.458 e. The highest BCUT2D eigenvalue weighted by atomic mass is 35.5. The number of piperidine rings is 1. The molecule has 1 aliphatic rings. The fraction of sp³-hybridized carbons (Fsp3) is 0.583. The molecule has 1 fully saturated rings. The average molecular weight is 276 g/mol. The molecule has 0 amide bonds. The third-order valence-electron chi connectivity index (χ3n) is 2.88. The number of ether oxygens (including phenoxy) is 1. The molecule has 0 N–H and O–H groups in total. The minimum Gasteiger partial charge on any atom is -0.458 e. The third-order valence-corrected chi connectivity index (χ3v) is 3.86. The Morgan fingerprint density at radius 2 is 2.06 bits per heavy atom. The van der Waals surface area contributed by atoms with Crippen LogP contribution >= 0.6 is 23.7 Å². The maximum absolute atomic E-state index is 11.8. The van der Waals surface area contributed by atoms with E-state index in [4.69, 9.17) is 4.74 Å². The number of nitrogens with zero attached hydrogens (tertiary/aromatic N) is 1. The number of likely N-dealkylation sites (tertiary alicyclic amines) is 1. The van der Waals surface area contributed by atoms with Crippen molar-refractivity contribution in [3.05, 3.63) is 21.9 Å². The van der Waals surface area contributed by atoms with Gasteiger partial charge in [-0.05, 0) is 38.9 Å². The first kappa shape index (κ1) is 14.5. The monoisotopic (exact) mass is 275 g/mol. The number of hydrogen-bond acceptors (Lipinski definition) is 4. The fourth-order valence-electron chi connectivity index (χ4n) is 1.86. The Labute approximate surface area is 112 Å². The number of thiophene rings is 1. The van der Waals surface area contributed by atoms with E-state index in [0.29, 0.717) is 0 Å². The van der Waals surface area contributed by atoms with Crippen LogP contribution in [0.5, 0.6) is 0 Å². The van der Waals surface area contributed by atoms with Crippen LogP contribution in [0.25, 0.3) is 0 Å². The zero-order valence-corrected chi connectivity index (χ0v) is 11.8. The molecule has 0 radical (unpaired) electrons. The SMILES string of the molecule is Cc1ccc(C(=O)OC2CCN(C)CC2)s1.Cl. The third kappa shape index (κ3) is 3.98. The summed E-state index contributed by atoms with van der Waals surface area (Å²) in [5.74, 6) is -0.160. The summed E-state index contributed by atoms with van der Waals surface area (Å²) in [6.45, 7) is 4.03. The first-order valence-corrected chi connectivity index (χ1v) is 6.43. The van der Waals surface area contributed by atoms with Crippen LogP contribution in [-0.2, 0) is 4.74 Å². The Kier molecular flexibility index (Phi) is 5.43. The van der Waals surface area contributed by atoms with Gasteiger partial charge in [0, 0.05) is 18.0 Å². The van der Waals surface area contributed by atoms with E-state index in [1.54, 1.807) is 0 Å². The maximum atomic E-state index is 11.8. The van der Waals surface area contributed by atoms with Crippen LogP contribution < -0.4 is 0 Å². The molecule has 1 aromatic heterocycles. The van der Waals surface area contributed by atoms with Gasteiger partial charge in [-0.15, -0.1) is 23.7 Å². The molecule has 0 spiro atoms. The van der Waals surface area contributed by atoms with Crippen LogP contribution in [0.3, 0.4) is 0 Å². The molecule has 1 saturated heterocycles. The Balaban J connectivity index is 0.00000144. The van der Waals surface area contributed by atoms with E-state index in [0.717, 1.165) is 35.7 Å². The van der Waals surface area contributed by atoms with Crippen molar-refractivity contribution in [3.63, 3.8) is 0 Å². The van der Waals surface area contributed by atoms with Gasteiger partial charge in [-0.25, -0.2) is 4.79 Å². The molecular weight excluding hydrogens is 258 g/mol. The summed E-state index contributed by atoms with van der Waals surface area (Å²) in [5.41, 5.74) is 0. The number of aryl methyl sites for hydroxylation is 1. The molecule has 5 heteroatoms. The summed E-state index contributed by atoms with van der Waals surface area (Å²) in [5, 5.41) is 0. The second kappa shape index (κ2) is 6.38. The summed E-state index contributed by atoms with van der Waals surface area (Å²) in [6, 6.07) is 3.80. The van der Waals surface area contributed by atoms with Gasteiger partial charge in [-0.2, -0.15) is 0 Å². The summed E-state index contributed by atoms with van der Waals surface area (Å²) in [6.07, 6.45) is 2.00. The van der Waals surface area contributed by atoms with Crippen molar-refractivity contribution in [2.45, 2.75) is 25.9 Å². The fourth-order valence-corrected chi connectivity index (χ4v) is 2.61. The van der Waals surface area contributed by atoms with Crippen molar-refractivity contribution in [2.75, 3.05) is 20.1 Å². The van der Waals surface area contributed by atoms with Gasteiger partial charge in [-0.1, -0.05) is 0 Å². The number of esters is 1. The topological polar surface area (TPSA) is 29.5 Å². The predicted molar refractivity (Wildman–Crippen MR) is 72.2 cm³/mol. The zero-order valence-electron chi connectivity index (χ0n) is 10.1. The molecular formula is C12H18ClNO2S. The number of halogens is 1. The highest BCUT2D eigenvalue weighted by molar-refractivity contribution is 7.13.